The zero-order valence-corrected chi connectivity index (χ0v) is 21.6. The summed E-state index contributed by atoms with van der Waals surface area (Å²) in [5, 5.41) is 11.0. The molecule has 1 amide bonds. The second-order valence-corrected chi connectivity index (χ2v) is 10.7. The van der Waals surface area contributed by atoms with Gasteiger partial charge in [0.2, 0.25) is 11.6 Å². The molecule has 0 radical (unpaired) electrons. The number of amides is 1. The Balaban J connectivity index is 1.41. The molecule has 37 heavy (non-hydrogen) atoms. The number of carbonyl (C=O) groups is 3. The average Bonchev–Trinajstić information content (AvgIpc) is 3.66. The van der Waals surface area contributed by atoms with Crippen LogP contribution in [0.15, 0.2) is 34.5 Å². The maximum absolute atomic E-state index is 13.4. The molecule has 1 saturated carbocycles. The van der Waals surface area contributed by atoms with Crippen LogP contribution in [0.4, 0.5) is 0 Å². The fourth-order valence-electron chi connectivity index (χ4n) is 6.17. The number of esters is 2. The molecule has 198 valence electrons. The first-order valence-corrected chi connectivity index (χ1v) is 12.6. The maximum Gasteiger partial charge on any atom is 0.361 e. The molecule has 6 rings (SSSR count). The molecular weight excluding hydrogens is 478 g/mol. The summed E-state index contributed by atoms with van der Waals surface area (Å²) < 4.78 is 16.5. The summed E-state index contributed by atoms with van der Waals surface area (Å²) in [6.07, 6.45) is 6.54. The van der Waals surface area contributed by atoms with E-state index in [1.807, 2.05) is 6.07 Å². The van der Waals surface area contributed by atoms with Gasteiger partial charge in [0.25, 0.3) is 0 Å². The van der Waals surface area contributed by atoms with Gasteiger partial charge in [0.15, 0.2) is 5.69 Å². The van der Waals surface area contributed by atoms with E-state index in [2.05, 4.69) is 40.5 Å². The molecule has 4 atom stereocenters. The van der Waals surface area contributed by atoms with E-state index < -0.39 is 18.0 Å². The Morgan fingerprint density at radius 2 is 1.97 bits per heavy atom. The Morgan fingerprint density at radius 3 is 2.62 bits per heavy atom. The molecular formula is C26H33N5O6. The number of carbonyl (C=O) groups excluding carboxylic acids is 3. The van der Waals surface area contributed by atoms with Crippen molar-refractivity contribution < 1.29 is 28.3 Å². The Labute approximate surface area is 215 Å². The summed E-state index contributed by atoms with van der Waals surface area (Å²) >= 11 is 0. The highest BCUT2D eigenvalue weighted by atomic mass is 16.5. The summed E-state index contributed by atoms with van der Waals surface area (Å²) in [6, 6.07) is 2.76. The number of hydrogen-bond acceptors (Lipinski definition) is 9. The summed E-state index contributed by atoms with van der Waals surface area (Å²) in [5.41, 5.74) is 1.35. The fraction of sp³-hybridized carbons (Fsp3) is 0.577. The van der Waals surface area contributed by atoms with Crippen molar-refractivity contribution in [3.05, 3.63) is 47.2 Å². The number of furan rings is 1. The molecule has 1 N–H and O–H groups in total. The minimum atomic E-state index is -0.775. The maximum atomic E-state index is 13.4. The lowest BCUT2D eigenvalue weighted by atomic mass is 9.49. The number of likely N-dealkylation sites (tertiary alicyclic amines) is 1. The monoisotopic (exact) mass is 511 g/mol. The number of hydrogen-bond donors (Lipinski definition) is 1. The number of rotatable bonds is 8. The van der Waals surface area contributed by atoms with Crippen LogP contribution in [0, 0.1) is 17.3 Å². The lowest BCUT2D eigenvalue weighted by Crippen LogP contribution is -2.51. The molecule has 3 aliphatic carbocycles. The van der Waals surface area contributed by atoms with Crippen molar-refractivity contribution in [2.24, 2.45) is 17.3 Å². The van der Waals surface area contributed by atoms with Crippen molar-refractivity contribution in [3.8, 4) is 0 Å². The summed E-state index contributed by atoms with van der Waals surface area (Å²) in [6.45, 7) is 6.05. The quantitative estimate of drug-likeness (QED) is 0.419. The molecule has 1 aliphatic heterocycles. The number of ether oxygens (including phenoxy) is 2. The van der Waals surface area contributed by atoms with Crippen LogP contribution in [0.25, 0.3) is 0 Å². The van der Waals surface area contributed by atoms with E-state index in [0.29, 0.717) is 31.2 Å². The van der Waals surface area contributed by atoms with E-state index in [0.717, 1.165) is 12.3 Å². The number of allylic oxidation sites excluding steroid dienone is 1. The second kappa shape index (κ2) is 9.77. The molecule has 2 aromatic rings. The molecule has 1 saturated heterocycles. The Hall–Kier alpha value is -3.47. The van der Waals surface area contributed by atoms with Crippen LogP contribution in [0.5, 0.6) is 0 Å². The third kappa shape index (κ3) is 4.45. The van der Waals surface area contributed by atoms with E-state index in [1.54, 1.807) is 12.3 Å². The van der Waals surface area contributed by atoms with Gasteiger partial charge in [-0.05, 0) is 48.6 Å². The first-order valence-electron chi connectivity index (χ1n) is 12.6. The molecule has 11 heteroatoms. The lowest BCUT2D eigenvalue weighted by molar-refractivity contribution is -0.125. The minimum absolute atomic E-state index is 0.0733. The zero-order valence-electron chi connectivity index (χ0n) is 21.6. The second-order valence-electron chi connectivity index (χ2n) is 10.7. The van der Waals surface area contributed by atoms with E-state index in [9.17, 15) is 14.4 Å². The number of nitrogens with zero attached hydrogens (tertiary/aromatic N) is 4. The number of methoxy groups -OCH3 is 2. The van der Waals surface area contributed by atoms with Crippen molar-refractivity contribution in [1.29, 1.82) is 0 Å². The van der Waals surface area contributed by atoms with Crippen molar-refractivity contribution in [1.82, 2.24) is 25.2 Å². The Bertz CT molecular complexity index is 1220. The molecule has 0 aromatic carbocycles. The summed E-state index contributed by atoms with van der Waals surface area (Å²) in [5.74, 6) is 0.241. The molecule has 2 bridgehead atoms. The van der Waals surface area contributed by atoms with Crippen LogP contribution in [-0.4, -0.2) is 71.1 Å². The SMILES string of the molecule is COC(=O)c1nnn([C@H]2C[C@@H](C(=O)NCc3ccco3)N(CC3=CC[C@H]4C[C@@H]3C4(C)C)C2)c1C(=O)OC. The van der Waals surface area contributed by atoms with Crippen LogP contribution in [-0.2, 0) is 20.8 Å². The zero-order chi connectivity index (χ0) is 26.3. The third-order valence-electron chi connectivity index (χ3n) is 8.47. The Kier molecular flexibility index (Phi) is 6.65. The van der Waals surface area contributed by atoms with E-state index in [1.165, 1.54) is 30.9 Å². The highest BCUT2D eigenvalue weighted by Gasteiger charge is 2.52. The third-order valence-corrected chi connectivity index (χ3v) is 8.47. The van der Waals surface area contributed by atoms with Gasteiger partial charge in [0, 0.05) is 13.1 Å². The highest BCUT2D eigenvalue weighted by molar-refractivity contribution is 6.00. The van der Waals surface area contributed by atoms with Crippen molar-refractivity contribution in [3.63, 3.8) is 0 Å². The van der Waals surface area contributed by atoms with Gasteiger partial charge in [0.1, 0.15) is 5.76 Å². The smallest absolute Gasteiger partial charge is 0.361 e. The highest BCUT2D eigenvalue weighted by Crippen LogP contribution is 2.59. The van der Waals surface area contributed by atoms with Gasteiger partial charge < -0.3 is 19.2 Å². The van der Waals surface area contributed by atoms with Crippen LogP contribution in [0.2, 0.25) is 0 Å². The van der Waals surface area contributed by atoms with Gasteiger partial charge in [-0.1, -0.05) is 30.7 Å². The molecule has 3 heterocycles. The Morgan fingerprint density at radius 1 is 1.19 bits per heavy atom. The van der Waals surface area contributed by atoms with Crippen LogP contribution in [0.1, 0.15) is 65.9 Å². The van der Waals surface area contributed by atoms with Gasteiger partial charge in [-0.15, -0.1) is 5.10 Å². The fourth-order valence-corrected chi connectivity index (χ4v) is 6.17. The number of aromatic nitrogens is 3. The normalized spacial score (nSPS) is 26.2. The average molecular weight is 512 g/mol. The molecule has 0 spiro atoms. The van der Waals surface area contributed by atoms with Crippen molar-refractivity contribution in [2.75, 3.05) is 27.3 Å². The van der Waals surface area contributed by atoms with E-state index in [-0.39, 0.29) is 35.3 Å². The summed E-state index contributed by atoms with van der Waals surface area (Å²) in [7, 11) is 2.44. The predicted octanol–water partition coefficient (Wildman–Crippen LogP) is 2.37. The minimum Gasteiger partial charge on any atom is -0.467 e. The largest absolute Gasteiger partial charge is 0.467 e. The van der Waals surface area contributed by atoms with Crippen LogP contribution in [0.3, 0.4) is 0 Å². The van der Waals surface area contributed by atoms with Crippen molar-refractivity contribution in [2.45, 2.75) is 51.7 Å². The number of fused-ring (bicyclic) bond motifs is 1. The topological polar surface area (TPSA) is 129 Å². The first-order chi connectivity index (χ1) is 17.7. The number of nitrogens with one attached hydrogen (secondary N) is 1. The standard InChI is InChI=1S/C26H33N5O6/c1-26(2)16-8-7-15(19(26)10-16)13-30-14-17(11-20(30)23(32)27-12-18-6-5-9-37-18)31-22(25(34)36-4)21(28-29-31)24(33)35-3/h5-7,9,16-17,19-20H,8,10-14H2,1-4H3,(H,27,32)/t16-,17-,19-,20-/m0/s1. The molecule has 2 aromatic heterocycles. The summed E-state index contributed by atoms with van der Waals surface area (Å²) in [4.78, 5) is 40.4. The molecule has 0 unspecified atom stereocenters. The molecule has 4 aliphatic rings. The van der Waals surface area contributed by atoms with E-state index in [4.69, 9.17) is 13.9 Å². The van der Waals surface area contributed by atoms with Gasteiger partial charge in [-0.25, -0.2) is 14.3 Å². The van der Waals surface area contributed by atoms with Gasteiger partial charge >= 0.3 is 11.9 Å². The van der Waals surface area contributed by atoms with Crippen LogP contribution >= 0.6 is 0 Å². The molecule has 2 fully saturated rings. The van der Waals surface area contributed by atoms with Crippen LogP contribution < -0.4 is 5.32 Å². The van der Waals surface area contributed by atoms with Gasteiger partial charge in [-0.3, -0.25) is 9.69 Å². The first kappa shape index (κ1) is 25.2. The predicted molar refractivity (Wildman–Crippen MR) is 130 cm³/mol. The van der Waals surface area contributed by atoms with Gasteiger partial charge in [0.05, 0.1) is 39.1 Å². The van der Waals surface area contributed by atoms with Gasteiger partial charge in [-0.2, -0.15) is 0 Å². The van der Waals surface area contributed by atoms with E-state index >= 15 is 0 Å². The molecule has 11 nitrogen and oxygen atoms in total. The van der Waals surface area contributed by atoms with Crippen molar-refractivity contribution >= 4 is 17.8 Å². The lowest BCUT2D eigenvalue weighted by Gasteiger charge is -2.57.